The Labute approximate surface area is 142 Å². The summed E-state index contributed by atoms with van der Waals surface area (Å²) in [6.45, 7) is 0.355. The Morgan fingerprint density at radius 3 is 2.83 bits per heavy atom. The summed E-state index contributed by atoms with van der Waals surface area (Å²) in [6, 6.07) is 10.5. The van der Waals surface area contributed by atoms with Gasteiger partial charge in [0.15, 0.2) is 0 Å². The molecule has 2 N–H and O–H groups in total. The van der Waals surface area contributed by atoms with E-state index in [1.807, 2.05) is 17.5 Å². The van der Waals surface area contributed by atoms with E-state index in [1.165, 1.54) is 11.3 Å². The fourth-order valence-corrected chi connectivity index (χ4v) is 2.94. The topological polar surface area (TPSA) is 66.9 Å². The molecule has 0 saturated carbocycles. The van der Waals surface area contributed by atoms with Crippen LogP contribution in [0.3, 0.4) is 0 Å². The molecule has 0 atom stereocenters. The first kappa shape index (κ1) is 15.5. The zero-order chi connectivity index (χ0) is 16.1. The van der Waals surface area contributed by atoms with E-state index in [1.54, 1.807) is 36.7 Å². The Hall–Kier alpha value is -2.44. The van der Waals surface area contributed by atoms with Crippen molar-refractivity contribution in [2.45, 2.75) is 6.54 Å². The van der Waals surface area contributed by atoms with E-state index < -0.39 is 0 Å². The number of rotatable bonds is 4. The third-order valence-electron chi connectivity index (χ3n) is 2.99. The van der Waals surface area contributed by atoms with E-state index in [9.17, 15) is 4.79 Å². The van der Waals surface area contributed by atoms with Crippen molar-refractivity contribution in [2.75, 3.05) is 5.32 Å². The van der Waals surface area contributed by atoms with Gasteiger partial charge in [-0.25, -0.2) is 9.78 Å². The summed E-state index contributed by atoms with van der Waals surface area (Å²) in [5.41, 5.74) is 2.47. The molecule has 0 spiro atoms. The highest BCUT2D eigenvalue weighted by Crippen LogP contribution is 2.22. The number of nitrogens with zero attached hydrogens (tertiary/aromatic N) is 2. The number of amides is 2. The van der Waals surface area contributed by atoms with Crippen LogP contribution in [0.4, 0.5) is 10.5 Å². The minimum absolute atomic E-state index is 0.300. The fraction of sp³-hybridized carbons (Fsp3) is 0.0625. The number of halogens is 1. The van der Waals surface area contributed by atoms with E-state index in [4.69, 9.17) is 11.6 Å². The molecular formula is C16H13ClN4OS. The highest BCUT2D eigenvalue weighted by molar-refractivity contribution is 7.13. The lowest BCUT2D eigenvalue weighted by atomic mass is 10.3. The van der Waals surface area contributed by atoms with Crippen LogP contribution in [0.15, 0.2) is 54.2 Å². The molecule has 0 aliphatic rings. The zero-order valence-corrected chi connectivity index (χ0v) is 13.6. The predicted octanol–water partition coefficient (Wildman–Crippen LogP) is 4.18. The molecule has 0 fully saturated rings. The number of nitrogens with one attached hydrogen (secondary N) is 2. The summed E-state index contributed by atoms with van der Waals surface area (Å²) in [7, 11) is 0. The molecule has 0 bridgehead atoms. The third kappa shape index (κ3) is 4.28. The van der Waals surface area contributed by atoms with Gasteiger partial charge in [0.05, 0.1) is 12.2 Å². The minimum Gasteiger partial charge on any atom is -0.332 e. The number of hydrogen-bond donors (Lipinski definition) is 2. The maximum absolute atomic E-state index is 11.9. The summed E-state index contributed by atoms with van der Waals surface area (Å²) < 4.78 is 0. The van der Waals surface area contributed by atoms with E-state index in [2.05, 4.69) is 20.6 Å². The lowest BCUT2D eigenvalue weighted by Gasteiger charge is -2.06. The molecule has 23 heavy (non-hydrogen) atoms. The lowest BCUT2D eigenvalue weighted by Crippen LogP contribution is -2.28. The summed E-state index contributed by atoms with van der Waals surface area (Å²) in [5, 5.41) is 8.90. The molecule has 3 rings (SSSR count). The molecule has 0 saturated heterocycles. The molecule has 3 aromatic rings. The molecule has 0 aliphatic carbocycles. The molecule has 0 aliphatic heterocycles. The standard InChI is InChI=1S/C16H13ClN4OS/c17-12-2-1-3-13(8-12)21-16(22)19-9-14-10-23-15(20-14)11-4-6-18-7-5-11/h1-8,10H,9H2,(H2,19,21,22). The van der Waals surface area contributed by atoms with Crippen LogP contribution in [0.1, 0.15) is 5.69 Å². The van der Waals surface area contributed by atoms with Crippen molar-refractivity contribution in [3.05, 3.63) is 64.9 Å². The van der Waals surface area contributed by atoms with Gasteiger partial charge in [0.2, 0.25) is 0 Å². The van der Waals surface area contributed by atoms with Gasteiger partial charge in [-0.1, -0.05) is 17.7 Å². The second-order valence-electron chi connectivity index (χ2n) is 4.70. The van der Waals surface area contributed by atoms with Crippen LogP contribution in [0.2, 0.25) is 5.02 Å². The number of anilines is 1. The zero-order valence-electron chi connectivity index (χ0n) is 12.0. The largest absolute Gasteiger partial charge is 0.332 e. The Morgan fingerprint density at radius 1 is 1.22 bits per heavy atom. The summed E-state index contributed by atoms with van der Waals surface area (Å²) in [6.07, 6.45) is 3.46. The molecule has 0 unspecified atom stereocenters. The summed E-state index contributed by atoms with van der Waals surface area (Å²) in [4.78, 5) is 20.4. The normalized spacial score (nSPS) is 10.3. The number of hydrogen-bond acceptors (Lipinski definition) is 4. The van der Waals surface area contributed by atoms with Crippen LogP contribution in [-0.2, 0) is 6.54 Å². The molecule has 2 aromatic heterocycles. The second-order valence-corrected chi connectivity index (χ2v) is 5.99. The molecule has 116 valence electrons. The van der Waals surface area contributed by atoms with Crippen molar-refractivity contribution in [1.82, 2.24) is 15.3 Å². The van der Waals surface area contributed by atoms with Gasteiger partial charge >= 0.3 is 6.03 Å². The predicted molar refractivity (Wildman–Crippen MR) is 92.7 cm³/mol. The highest BCUT2D eigenvalue weighted by Gasteiger charge is 2.06. The minimum atomic E-state index is -0.300. The molecule has 0 radical (unpaired) electrons. The van der Waals surface area contributed by atoms with Crippen molar-refractivity contribution in [3.8, 4) is 10.6 Å². The van der Waals surface area contributed by atoms with Crippen LogP contribution in [0, 0.1) is 0 Å². The Balaban J connectivity index is 1.56. The van der Waals surface area contributed by atoms with Crippen molar-refractivity contribution < 1.29 is 4.79 Å². The van der Waals surface area contributed by atoms with Crippen molar-refractivity contribution in [1.29, 1.82) is 0 Å². The maximum atomic E-state index is 11.9. The van der Waals surface area contributed by atoms with Gasteiger partial charge in [0.25, 0.3) is 0 Å². The van der Waals surface area contributed by atoms with E-state index in [0.717, 1.165) is 16.3 Å². The number of pyridine rings is 1. The lowest BCUT2D eigenvalue weighted by molar-refractivity contribution is 0.251. The van der Waals surface area contributed by atoms with Gasteiger partial charge in [-0.2, -0.15) is 0 Å². The molecule has 7 heteroatoms. The van der Waals surface area contributed by atoms with Crippen LogP contribution in [-0.4, -0.2) is 16.0 Å². The number of benzene rings is 1. The van der Waals surface area contributed by atoms with Crippen LogP contribution in [0.5, 0.6) is 0 Å². The van der Waals surface area contributed by atoms with Gasteiger partial charge in [0, 0.05) is 34.0 Å². The van der Waals surface area contributed by atoms with E-state index in [0.29, 0.717) is 17.3 Å². The molecule has 2 amide bonds. The molecule has 2 heterocycles. The van der Waals surface area contributed by atoms with Gasteiger partial charge < -0.3 is 10.6 Å². The average Bonchev–Trinajstić information content (AvgIpc) is 3.03. The monoisotopic (exact) mass is 344 g/mol. The summed E-state index contributed by atoms with van der Waals surface area (Å²) in [5.74, 6) is 0. The van der Waals surface area contributed by atoms with Gasteiger partial charge in [0.1, 0.15) is 5.01 Å². The Bertz CT molecular complexity index is 807. The molecule has 1 aromatic carbocycles. The van der Waals surface area contributed by atoms with Crippen LogP contribution < -0.4 is 10.6 Å². The fourth-order valence-electron chi connectivity index (χ4n) is 1.93. The van der Waals surface area contributed by atoms with Gasteiger partial charge in [-0.05, 0) is 30.3 Å². The van der Waals surface area contributed by atoms with Crippen LogP contribution >= 0.6 is 22.9 Å². The first-order valence-electron chi connectivity index (χ1n) is 6.86. The second kappa shape index (κ2) is 7.21. The van der Waals surface area contributed by atoms with E-state index >= 15 is 0 Å². The van der Waals surface area contributed by atoms with Crippen molar-refractivity contribution in [3.63, 3.8) is 0 Å². The van der Waals surface area contributed by atoms with Gasteiger partial charge in [-0.15, -0.1) is 11.3 Å². The third-order valence-corrected chi connectivity index (χ3v) is 4.17. The first-order valence-corrected chi connectivity index (χ1v) is 8.12. The van der Waals surface area contributed by atoms with Crippen LogP contribution in [0.25, 0.3) is 10.6 Å². The van der Waals surface area contributed by atoms with Crippen molar-refractivity contribution in [2.24, 2.45) is 0 Å². The number of carbonyl (C=O) groups is 1. The summed E-state index contributed by atoms with van der Waals surface area (Å²) >= 11 is 7.41. The van der Waals surface area contributed by atoms with E-state index in [-0.39, 0.29) is 6.03 Å². The molecular weight excluding hydrogens is 332 g/mol. The average molecular weight is 345 g/mol. The number of aromatic nitrogens is 2. The highest BCUT2D eigenvalue weighted by atomic mass is 35.5. The van der Waals surface area contributed by atoms with Gasteiger partial charge in [-0.3, -0.25) is 4.98 Å². The Kier molecular flexibility index (Phi) is 4.85. The number of urea groups is 1. The smallest absolute Gasteiger partial charge is 0.319 e. The Morgan fingerprint density at radius 2 is 2.04 bits per heavy atom. The number of carbonyl (C=O) groups excluding carboxylic acids is 1. The number of thiazole rings is 1. The molecule has 5 nitrogen and oxygen atoms in total. The quantitative estimate of drug-likeness (QED) is 0.746. The maximum Gasteiger partial charge on any atom is 0.319 e. The SMILES string of the molecule is O=C(NCc1csc(-c2ccncc2)n1)Nc1cccc(Cl)c1. The first-order chi connectivity index (χ1) is 11.2. The van der Waals surface area contributed by atoms with Crippen molar-refractivity contribution >= 4 is 34.7 Å².